The van der Waals surface area contributed by atoms with E-state index < -0.39 is 21.9 Å². The molecule has 1 heterocycles. The van der Waals surface area contributed by atoms with E-state index in [1.807, 2.05) is 0 Å². The molecule has 2 aromatic rings. The second kappa shape index (κ2) is 11.1. The van der Waals surface area contributed by atoms with E-state index in [1.165, 1.54) is 22.5 Å². The van der Waals surface area contributed by atoms with Gasteiger partial charge in [0.05, 0.1) is 38.9 Å². The number of rotatable bonds is 7. The number of carbonyl (C=O) groups excluding carboxylic acids is 2. The zero-order valence-corrected chi connectivity index (χ0v) is 20.9. The number of ether oxygens (including phenoxy) is 1. The van der Waals surface area contributed by atoms with Crippen molar-refractivity contribution in [1.82, 2.24) is 4.31 Å². The summed E-state index contributed by atoms with van der Waals surface area (Å²) < 4.78 is 32.1. The van der Waals surface area contributed by atoms with Crippen molar-refractivity contribution in [2.45, 2.75) is 25.5 Å². The number of nitrogens with zero attached hydrogens (tertiary/aromatic N) is 1. The van der Waals surface area contributed by atoms with E-state index >= 15 is 0 Å². The van der Waals surface area contributed by atoms with Crippen LogP contribution in [0.15, 0.2) is 36.4 Å². The fourth-order valence-electron chi connectivity index (χ4n) is 3.55. The smallest absolute Gasteiger partial charge is 0.339 e. The Bertz CT molecular complexity index is 1160. The number of piperidine rings is 1. The van der Waals surface area contributed by atoms with Crippen LogP contribution in [0.1, 0.15) is 35.7 Å². The van der Waals surface area contributed by atoms with Crippen LogP contribution < -0.4 is 5.32 Å². The minimum atomic E-state index is -3.65. The number of nitrogens with one attached hydrogen (secondary N) is 1. The summed E-state index contributed by atoms with van der Waals surface area (Å²) in [6.07, 6.45) is 1.11. The number of sulfonamides is 1. The standard InChI is InChI=1S/C22H23Cl3N2O5S/c1-2-32-22(29)17-7-6-16(11-19(17)24)26-21(28)15-4-3-9-27(12-15)33(30,31)13-14-5-8-18(23)20(25)10-14/h5-8,10-11,15H,2-4,9,12-13H2,1H3,(H,26,28)/t15-/m1/s1. The predicted molar refractivity (Wildman–Crippen MR) is 129 cm³/mol. The maximum atomic E-state index is 12.9. The fourth-order valence-corrected chi connectivity index (χ4v) is 5.73. The summed E-state index contributed by atoms with van der Waals surface area (Å²) in [4.78, 5) is 24.7. The Labute approximate surface area is 208 Å². The van der Waals surface area contributed by atoms with Crippen LogP contribution in [0.2, 0.25) is 15.1 Å². The van der Waals surface area contributed by atoms with Gasteiger partial charge in [-0.2, -0.15) is 0 Å². The molecule has 1 saturated heterocycles. The van der Waals surface area contributed by atoms with E-state index in [0.29, 0.717) is 35.7 Å². The van der Waals surface area contributed by atoms with Crippen LogP contribution in [0.3, 0.4) is 0 Å². The third kappa shape index (κ3) is 6.61. The molecule has 0 aliphatic carbocycles. The number of halogens is 3. The molecule has 1 amide bonds. The number of hydrogen-bond acceptors (Lipinski definition) is 5. The van der Waals surface area contributed by atoms with Crippen molar-refractivity contribution in [3.63, 3.8) is 0 Å². The number of amides is 1. The van der Waals surface area contributed by atoms with Crippen molar-refractivity contribution >= 4 is 62.4 Å². The second-order valence-electron chi connectivity index (χ2n) is 7.61. The predicted octanol–water partition coefficient (Wildman–Crippen LogP) is 5.00. The Kier molecular flexibility index (Phi) is 8.64. The lowest BCUT2D eigenvalue weighted by Crippen LogP contribution is -2.44. The molecule has 0 saturated carbocycles. The first-order chi connectivity index (χ1) is 15.6. The minimum absolute atomic E-state index is 0.0735. The van der Waals surface area contributed by atoms with Gasteiger partial charge in [-0.05, 0) is 55.7 Å². The van der Waals surface area contributed by atoms with Gasteiger partial charge in [-0.25, -0.2) is 17.5 Å². The van der Waals surface area contributed by atoms with E-state index in [2.05, 4.69) is 5.32 Å². The maximum Gasteiger partial charge on any atom is 0.339 e. The molecule has 1 aliphatic heterocycles. The second-order valence-corrected chi connectivity index (χ2v) is 10.8. The maximum absolute atomic E-state index is 12.9. The van der Waals surface area contributed by atoms with Crippen LogP contribution in [0, 0.1) is 5.92 Å². The zero-order valence-electron chi connectivity index (χ0n) is 17.8. The number of anilines is 1. The van der Waals surface area contributed by atoms with Crippen molar-refractivity contribution in [1.29, 1.82) is 0 Å². The van der Waals surface area contributed by atoms with Gasteiger partial charge in [0, 0.05) is 18.8 Å². The summed E-state index contributed by atoms with van der Waals surface area (Å²) in [7, 11) is -3.65. The van der Waals surface area contributed by atoms with Crippen molar-refractivity contribution in [2.75, 3.05) is 25.0 Å². The Morgan fingerprint density at radius 1 is 1.09 bits per heavy atom. The fraction of sp³-hybridized carbons (Fsp3) is 0.364. The van der Waals surface area contributed by atoms with Crippen LogP contribution >= 0.6 is 34.8 Å². The third-order valence-corrected chi connectivity index (χ3v) is 8.08. The van der Waals surface area contributed by atoms with Gasteiger partial charge in [-0.3, -0.25) is 4.79 Å². The van der Waals surface area contributed by atoms with Gasteiger partial charge < -0.3 is 10.1 Å². The molecule has 1 aliphatic rings. The van der Waals surface area contributed by atoms with Crippen molar-refractivity contribution in [3.8, 4) is 0 Å². The monoisotopic (exact) mass is 532 g/mol. The molecule has 0 bridgehead atoms. The van der Waals surface area contributed by atoms with Gasteiger partial charge in [0.15, 0.2) is 0 Å². The van der Waals surface area contributed by atoms with E-state index in [4.69, 9.17) is 39.5 Å². The number of hydrogen-bond donors (Lipinski definition) is 1. The third-order valence-electron chi connectivity index (χ3n) is 5.21. The molecular formula is C22H23Cl3N2O5S. The molecule has 7 nitrogen and oxygen atoms in total. The van der Waals surface area contributed by atoms with Crippen molar-refractivity contribution < 1.29 is 22.7 Å². The number of benzene rings is 2. The molecule has 0 spiro atoms. The summed E-state index contributed by atoms with van der Waals surface area (Å²) in [5.74, 6) is -1.62. The molecule has 33 heavy (non-hydrogen) atoms. The van der Waals surface area contributed by atoms with E-state index in [0.717, 1.165) is 0 Å². The van der Waals surface area contributed by atoms with Crippen molar-refractivity contribution in [2.24, 2.45) is 5.92 Å². The Morgan fingerprint density at radius 2 is 1.85 bits per heavy atom. The molecule has 2 aromatic carbocycles. The molecule has 1 fully saturated rings. The summed E-state index contributed by atoms with van der Waals surface area (Å²) in [5.41, 5.74) is 1.13. The summed E-state index contributed by atoms with van der Waals surface area (Å²) >= 11 is 18.0. The Balaban J connectivity index is 1.66. The van der Waals surface area contributed by atoms with E-state index in [1.54, 1.807) is 25.1 Å². The molecule has 0 unspecified atom stereocenters. The molecule has 1 atom stereocenters. The zero-order chi connectivity index (χ0) is 24.2. The molecule has 1 N–H and O–H groups in total. The topological polar surface area (TPSA) is 92.8 Å². The number of carbonyl (C=O) groups is 2. The van der Waals surface area contributed by atoms with Crippen LogP contribution in [-0.2, 0) is 25.3 Å². The van der Waals surface area contributed by atoms with Crippen LogP contribution in [0.25, 0.3) is 0 Å². The largest absolute Gasteiger partial charge is 0.462 e. The first kappa shape index (κ1) is 25.8. The Hall–Kier alpha value is -1.84. The highest BCUT2D eigenvalue weighted by Gasteiger charge is 2.32. The summed E-state index contributed by atoms with van der Waals surface area (Å²) in [6.45, 7) is 2.33. The van der Waals surface area contributed by atoms with E-state index in [9.17, 15) is 18.0 Å². The lowest BCUT2D eigenvalue weighted by molar-refractivity contribution is -0.120. The normalized spacial score (nSPS) is 16.9. The van der Waals surface area contributed by atoms with Gasteiger partial charge in [0.2, 0.25) is 15.9 Å². The lowest BCUT2D eigenvalue weighted by Gasteiger charge is -2.31. The first-order valence-corrected chi connectivity index (χ1v) is 13.0. The van der Waals surface area contributed by atoms with Crippen LogP contribution in [0.5, 0.6) is 0 Å². The van der Waals surface area contributed by atoms with Gasteiger partial charge in [0.25, 0.3) is 0 Å². The highest BCUT2D eigenvalue weighted by atomic mass is 35.5. The molecule has 178 valence electrons. The van der Waals surface area contributed by atoms with Crippen LogP contribution in [-0.4, -0.2) is 44.3 Å². The van der Waals surface area contributed by atoms with Crippen molar-refractivity contribution in [3.05, 3.63) is 62.6 Å². The van der Waals surface area contributed by atoms with Crippen LogP contribution in [0.4, 0.5) is 5.69 Å². The minimum Gasteiger partial charge on any atom is -0.462 e. The molecule has 0 aromatic heterocycles. The quantitative estimate of drug-likeness (QED) is 0.505. The molecule has 11 heteroatoms. The van der Waals surface area contributed by atoms with Gasteiger partial charge in [-0.15, -0.1) is 0 Å². The average molecular weight is 534 g/mol. The lowest BCUT2D eigenvalue weighted by atomic mass is 9.98. The molecule has 3 rings (SSSR count). The highest BCUT2D eigenvalue weighted by molar-refractivity contribution is 7.88. The number of esters is 1. The Morgan fingerprint density at radius 3 is 2.52 bits per heavy atom. The van der Waals surface area contributed by atoms with Gasteiger partial charge in [-0.1, -0.05) is 40.9 Å². The SMILES string of the molecule is CCOC(=O)c1ccc(NC(=O)[C@@H]2CCCN(S(=O)(=O)Cc3ccc(Cl)c(Cl)c3)C2)cc1Cl. The van der Waals surface area contributed by atoms with E-state index in [-0.39, 0.29) is 40.4 Å². The first-order valence-electron chi connectivity index (χ1n) is 10.3. The molecular weight excluding hydrogens is 511 g/mol. The average Bonchev–Trinajstić information content (AvgIpc) is 2.76. The van der Waals surface area contributed by atoms with Gasteiger partial charge in [0.1, 0.15) is 0 Å². The summed E-state index contributed by atoms with van der Waals surface area (Å²) in [6, 6.07) is 9.19. The summed E-state index contributed by atoms with van der Waals surface area (Å²) in [5, 5.41) is 3.55. The highest BCUT2D eigenvalue weighted by Crippen LogP contribution is 2.27. The molecule has 0 radical (unpaired) electrons. The van der Waals surface area contributed by atoms with Gasteiger partial charge >= 0.3 is 5.97 Å².